The first-order valence-electron chi connectivity index (χ1n) is 9.51. The summed E-state index contributed by atoms with van der Waals surface area (Å²) in [6.07, 6.45) is 4.50. The molecule has 2 aliphatic rings. The van der Waals surface area contributed by atoms with Gasteiger partial charge in [0.1, 0.15) is 17.2 Å². The second-order valence-corrected chi connectivity index (χ2v) is 8.14. The second-order valence-electron chi connectivity index (χ2n) is 7.76. The lowest BCUT2D eigenvalue weighted by molar-refractivity contribution is 0.133. The van der Waals surface area contributed by atoms with Crippen molar-refractivity contribution in [3.8, 4) is 0 Å². The molecule has 2 aromatic rings. The Morgan fingerprint density at radius 1 is 1.28 bits per heavy atom. The summed E-state index contributed by atoms with van der Waals surface area (Å²) in [6.45, 7) is 3.20. The van der Waals surface area contributed by atoms with E-state index < -0.39 is 5.56 Å². The van der Waals surface area contributed by atoms with Crippen LogP contribution in [-0.2, 0) is 11.8 Å². The number of nitrogens with two attached hydrogens (primary N) is 2. The third-order valence-corrected chi connectivity index (χ3v) is 6.42. The van der Waals surface area contributed by atoms with Crippen LogP contribution in [0.3, 0.4) is 0 Å². The highest BCUT2D eigenvalue weighted by atomic mass is 35.5. The van der Waals surface area contributed by atoms with Crippen LogP contribution in [0.5, 0.6) is 0 Å². The van der Waals surface area contributed by atoms with Crippen LogP contribution in [-0.4, -0.2) is 46.6 Å². The summed E-state index contributed by atoms with van der Waals surface area (Å²) in [5, 5.41) is 8.60. The molecule has 29 heavy (non-hydrogen) atoms. The van der Waals surface area contributed by atoms with Crippen LogP contribution < -0.4 is 21.9 Å². The molecule has 0 aromatic carbocycles. The minimum atomic E-state index is -0.395. The number of halogens is 1. The van der Waals surface area contributed by atoms with E-state index in [1.165, 1.54) is 16.8 Å². The number of aromatic nitrogens is 3. The molecule has 2 aromatic heterocycles. The van der Waals surface area contributed by atoms with Crippen molar-refractivity contribution in [1.29, 1.82) is 5.41 Å². The number of hydrogen-bond donors (Lipinski definition) is 3. The van der Waals surface area contributed by atoms with Crippen LogP contribution in [0.4, 0.5) is 17.6 Å². The fraction of sp³-hybridized carbons (Fsp3) is 0.474. The molecule has 9 nitrogen and oxygen atoms in total. The van der Waals surface area contributed by atoms with Gasteiger partial charge in [-0.1, -0.05) is 11.6 Å². The Morgan fingerprint density at radius 2 is 2.00 bits per heavy atom. The Balaban J connectivity index is 1.66. The van der Waals surface area contributed by atoms with Crippen molar-refractivity contribution in [3.05, 3.63) is 38.8 Å². The smallest absolute Gasteiger partial charge is 0.266 e. The van der Waals surface area contributed by atoms with Crippen LogP contribution in [0.2, 0.25) is 5.02 Å². The highest BCUT2D eigenvalue weighted by Gasteiger charge is 2.39. The normalized spacial score (nSPS) is 18.3. The number of ether oxygens (including phenoxy) is 1. The summed E-state index contributed by atoms with van der Waals surface area (Å²) >= 11 is 6.18. The van der Waals surface area contributed by atoms with Gasteiger partial charge >= 0.3 is 0 Å². The van der Waals surface area contributed by atoms with Gasteiger partial charge in [0.25, 0.3) is 5.56 Å². The van der Waals surface area contributed by atoms with Gasteiger partial charge in [-0.2, -0.15) is 4.98 Å². The molecule has 0 amide bonds. The third-order valence-electron chi connectivity index (χ3n) is 6.02. The Bertz CT molecular complexity index is 1020. The van der Waals surface area contributed by atoms with Gasteiger partial charge in [0, 0.05) is 38.5 Å². The van der Waals surface area contributed by atoms with Gasteiger partial charge < -0.3 is 21.1 Å². The summed E-state index contributed by atoms with van der Waals surface area (Å²) in [7, 11) is 1.65. The molecule has 0 aliphatic carbocycles. The summed E-state index contributed by atoms with van der Waals surface area (Å²) in [6, 6.07) is 1.53. The van der Waals surface area contributed by atoms with Crippen LogP contribution in [0, 0.1) is 10.8 Å². The molecule has 0 radical (unpaired) electrons. The zero-order valence-electron chi connectivity index (χ0n) is 16.2. The Kier molecular flexibility index (Phi) is 4.95. The van der Waals surface area contributed by atoms with Crippen molar-refractivity contribution in [2.24, 2.45) is 12.5 Å². The van der Waals surface area contributed by atoms with Crippen molar-refractivity contribution in [1.82, 2.24) is 14.5 Å². The zero-order valence-corrected chi connectivity index (χ0v) is 17.0. The predicted octanol–water partition coefficient (Wildman–Crippen LogP) is 1.42. The molecule has 0 unspecified atom stereocenters. The number of anilines is 3. The number of pyridine rings is 1. The lowest BCUT2D eigenvalue weighted by Gasteiger charge is -2.39. The van der Waals surface area contributed by atoms with Gasteiger partial charge in [0.15, 0.2) is 0 Å². The molecule has 0 bridgehead atoms. The molecular weight excluding hydrogens is 394 g/mol. The van der Waals surface area contributed by atoms with Crippen molar-refractivity contribution >= 4 is 34.9 Å². The fourth-order valence-electron chi connectivity index (χ4n) is 4.14. The van der Waals surface area contributed by atoms with Gasteiger partial charge in [0.05, 0.1) is 17.3 Å². The van der Waals surface area contributed by atoms with Crippen LogP contribution in [0.1, 0.15) is 30.4 Å². The SMILES string of the molecule is Cn1c(N2CCC3(CCOC3)CC2)nc(N)c(C(=N)c2ccnc(N)c2Cl)c1=O. The molecule has 0 saturated carbocycles. The monoisotopic (exact) mass is 417 g/mol. The molecule has 5 N–H and O–H groups in total. The maximum atomic E-state index is 13.1. The number of rotatable bonds is 3. The lowest BCUT2D eigenvalue weighted by atomic mass is 9.78. The molecule has 4 heterocycles. The molecule has 4 rings (SSSR count). The van der Waals surface area contributed by atoms with Gasteiger partial charge in [-0.15, -0.1) is 0 Å². The number of nitrogens with one attached hydrogen (secondary N) is 1. The van der Waals surface area contributed by atoms with Gasteiger partial charge in [0.2, 0.25) is 5.95 Å². The molecule has 2 aliphatic heterocycles. The Hall–Kier alpha value is -2.65. The highest BCUT2D eigenvalue weighted by molar-refractivity contribution is 6.37. The van der Waals surface area contributed by atoms with Crippen molar-refractivity contribution in [2.45, 2.75) is 19.3 Å². The van der Waals surface area contributed by atoms with E-state index in [9.17, 15) is 4.79 Å². The van der Waals surface area contributed by atoms with E-state index in [-0.39, 0.29) is 33.3 Å². The van der Waals surface area contributed by atoms with E-state index in [1.807, 2.05) is 0 Å². The average Bonchev–Trinajstić information content (AvgIpc) is 3.15. The predicted molar refractivity (Wildman–Crippen MR) is 113 cm³/mol. The Labute approximate surface area is 173 Å². The first-order valence-corrected chi connectivity index (χ1v) is 9.89. The first-order chi connectivity index (χ1) is 13.8. The van der Waals surface area contributed by atoms with E-state index in [2.05, 4.69) is 14.9 Å². The molecule has 154 valence electrons. The summed E-state index contributed by atoms with van der Waals surface area (Å²) in [5.41, 5.74) is 11.9. The first kappa shape index (κ1) is 19.7. The number of hydrogen-bond acceptors (Lipinski definition) is 8. The van der Waals surface area contributed by atoms with E-state index in [0.717, 1.165) is 45.6 Å². The maximum absolute atomic E-state index is 13.1. The van der Waals surface area contributed by atoms with Crippen molar-refractivity contribution in [2.75, 3.05) is 42.7 Å². The molecule has 2 saturated heterocycles. The summed E-state index contributed by atoms with van der Waals surface area (Å²) in [5.74, 6) is 0.606. The fourth-order valence-corrected chi connectivity index (χ4v) is 4.34. The van der Waals surface area contributed by atoms with Gasteiger partial charge in [-0.25, -0.2) is 4.98 Å². The minimum absolute atomic E-state index is 0.00132. The lowest BCUT2D eigenvalue weighted by Crippen LogP contribution is -2.43. The zero-order chi connectivity index (χ0) is 20.8. The van der Waals surface area contributed by atoms with Crippen LogP contribution in [0.25, 0.3) is 0 Å². The Morgan fingerprint density at radius 3 is 2.66 bits per heavy atom. The van der Waals surface area contributed by atoms with E-state index in [1.54, 1.807) is 7.05 Å². The van der Waals surface area contributed by atoms with Crippen LogP contribution >= 0.6 is 11.6 Å². The maximum Gasteiger partial charge on any atom is 0.266 e. The number of nitrogen functional groups attached to an aromatic ring is 2. The molecule has 2 fully saturated rings. The van der Waals surface area contributed by atoms with E-state index in [0.29, 0.717) is 11.5 Å². The highest BCUT2D eigenvalue weighted by Crippen LogP contribution is 2.39. The van der Waals surface area contributed by atoms with Gasteiger partial charge in [-0.05, 0) is 30.7 Å². The van der Waals surface area contributed by atoms with Crippen molar-refractivity contribution in [3.63, 3.8) is 0 Å². The second kappa shape index (κ2) is 7.31. The minimum Gasteiger partial charge on any atom is -0.383 e. The topological polar surface area (TPSA) is 136 Å². The quantitative estimate of drug-likeness (QED) is 0.642. The van der Waals surface area contributed by atoms with Gasteiger partial charge in [-0.3, -0.25) is 14.8 Å². The average molecular weight is 418 g/mol. The van der Waals surface area contributed by atoms with E-state index in [4.69, 9.17) is 33.2 Å². The molecule has 1 spiro atoms. The summed E-state index contributed by atoms with van der Waals surface area (Å²) < 4.78 is 7.03. The van der Waals surface area contributed by atoms with Crippen LogP contribution in [0.15, 0.2) is 17.1 Å². The standard InChI is InChI=1S/C19H24ClN7O2/c1-26-17(28)12(14(21)11-2-6-24-16(23)13(11)20)15(22)25-18(26)27-7-3-19(4-8-27)5-9-29-10-19/h2,6,21H,3-5,7-10,22H2,1H3,(H2,23,24). The molecule has 10 heteroatoms. The molecular formula is C19H24ClN7O2. The van der Waals surface area contributed by atoms with E-state index >= 15 is 0 Å². The summed E-state index contributed by atoms with van der Waals surface area (Å²) in [4.78, 5) is 23.5. The van der Waals surface area contributed by atoms with Crippen molar-refractivity contribution < 1.29 is 4.74 Å². The number of piperidine rings is 1. The number of nitrogens with zero attached hydrogens (tertiary/aromatic N) is 4. The third kappa shape index (κ3) is 3.34. The largest absolute Gasteiger partial charge is 0.383 e. The molecule has 0 atom stereocenters.